The van der Waals surface area contributed by atoms with Gasteiger partial charge in [0.2, 0.25) is 5.75 Å². The van der Waals surface area contributed by atoms with Gasteiger partial charge in [-0.25, -0.2) is 9.78 Å². The summed E-state index contributed by atoms with van der Waals surface area (Å²) in [7, 11) is 0. The number of hydrogen-bond acceptors (Lipinski definition) is 4. The van der Waals surface area contributed by atoms with Crippen LogP contribution < -0.4 is 4.74 Å². The highest BCUT2D eigenvalue weighted by atomic mass is 16.6. The van der Waals surface area contributed by atoms with Crippen molar-refractivity contribution in [1.29, 1.82) is 0 Å². The van der Waals surface area contributed by atoms with Crippen molar-refractivity contribution >= 4 is 5.97 Å². The molecule has 5 nitrogen and oxygen atoms in total. The number of aromatic nitrogens is 1. The highest BCUT2D eigenvalue weighted by Gasteiger charge is 2.08. The van der Waals surface area contributed by atoms with Gasteiger partial charge in [-0.15, -0.1) is 0 Å². The molecule has 0 bridgehead atoms. The molecule has 0 saturated carbocycles. The Kier molecular flexibility index (Phi) is 3.72. The maximum Gasteiger partial charge on any atom is 0.344 e. The molecule has 0 spiro atoms. The molecule has 0 atom stereocenters. The van der Waals surface area contributed by atoms with Crippen molar-refractivity contribution in [2.24, 2.45) is 0 Å². The van der Waals surface area contributed by atoms with Crippen molar-refractivity contribution < 1.29 is 19.4 Å². The summed E-state index contributed by atoms with van der Waals surface area (Å²) in [6.45, 7) is 1.69. The molecule has 0 fully saturated rings. The number of ether oxygens (including phenoxy) is 2. The van der Waals surface area contributed by atoms with Crippen LogP contribution in [0.4, 0.5) is 0 Å². The summed E-state index contributed by atoms with van der Waals surface area (Å²) in [4.78, 5) is 14.5. The lowest BCUT2D eigenvalue weighted by Gasteiger charge is -2.04. The summed E-state index contributed by atoms with van der Waals surface area (Å²) in [5.41, 5.74) is 0. The average molecular weight is 196 g/mol. The second-order valence-electron chi connectivity index (χ2n) is 2.40. The van der Waals surface area contributed by atoms with E-state index < -0.39 is 5.97 Å². The zero-order chi connectivity index (χ0) is 10.4. The van der Waals surface area contributed by atoms with E-state index in [1.54, 1.807) is 6.92 Å². The lowest BCUT2D eigenvalue weighted by atomic mass is 10.4. The SMILES string of the molecule is CCOC(=O)COc1ncccc1[O]. The summed E-state index contributed by atoms with van der Waals surface area (Å²) >= 11 is 0. The first kappa shape index (κ1) is 10.3. The molecule has 0 aliphatic heterocycles. The van der Waals surface area contributed by atoms with Crippen molar-refractivity contribution in [3.8, 4) is 11.6 Å². The third-order valence-electron chi connectivity index (χ3n) is 1.37. The minimum absolute atomic E-state index is 0.0828. The van der Waals surface area contributed by atoms with Gasteiger partial charge in [0.25, 0.3) is 5.88 Å². The third kappa shape index (κ3) is 2.93. The van der Waals surface area contributed by atoms with E-state index in [1.807, 2.05) is 0 Å². The number of esters is 1. The van der Waals surface area contributed by atoms with Gasteiger partial charge in [-0.05, 0) is 19.1 Å². The topological polar surface area (TPSA) is 68.3 Å². The molecular weight excluding hydrogens is 186 g/mol. The van der Waals surface area contributed by atoms with Gasteiger partial charge in [0.1, 0.15) is 0 Å². The fraction of sp³-hybridized carbons (Fsp3) is 0.333. The number of nitrogens with zero attached hydrogens (tertiary/aromatic N) is 1. The third-order valence-corrected chi connectivity index (χ3v) is 1.37. The fourth-order valence-corrected chi connectivity index (χ4v) is 0.814. The molecule has 0 amide bonds. The van der Waals surface area contributed by atoms with E-state index in [0.717, 1.165) is 0 Å². The molecule has 0 aromatic carbocycles. The maximum absolute atomic E-state index is 11.0. The van der Waals surface area contributed by atoms with Crippen molar-refractivity contribution in [2.75, 3.05) is 13.2 Å². The Balaban J connectivity index is 2.46. The molecule has 1 aromatic rings. The van der Waals surface area contributed by atoms with E-state index in [0.29, 0.717) is 0 Å². The molecule has 1 rings (SSSR count). The average Bonchev–Trinajstić information content (AvgIpc) is 2.17. The van der Waals surface area contributed by atoms with Crippen molar-refractivity contribution in [1.82, 2.24) is 4.98 Å². The molecule has 1 radical (unpaired) electrons. The van der Waals surface area contributed by atoms with Crippen LogP contribution in [0, 0.1) is 0 Å². The van der Waals surface area contributed by atoms with Gasteiger partial charge in [-0.3, -0.25) is 5.11 Å². The second kappa shape index (κ2) is 5.06. The molecule has 14 heavy (non-hydrogen) atoms. The molecule has 1 aromatic heterocycles. The highest BCUT2D eigenvalue weighted by molar-refractivity contribution is 5.71. The summed E-state index contributed by atoms with van der Waals surface area (Å²) in [5.74, 6) is -0.949. The van der Waals surface area contributed by atoms with Gasteiger partial charge >= 0.3 is 5.97 Å². The van der Waals surface area contributed by atoms with E-state index in [2.05, 4.69) is 9.72 Å². The molecule has 0 N–H and O–H groups in total. The minimum atomic E-state index is -0.516. The first-order valence-electron chi connectivity index (χ1n) is 4.14. The monoisotopic (exact) mass is 196 g/mol. The van der Waals surface area contributed by atoms with Crippen LogP contribution in [0.3, 0.4) is 0 Å². The molecule has 1 heterocycles. The van der Waals surface area contributed by atoms with Gasteiger partial charge < -0.3 is 9.47 Å². The lowest BCUT2D eigenvalue weighted by molar-refractivity contribution is -0.145. The van der Waals surface area contributed by atoms with Gasteiger partial charge in [-0.2, -0.15) is 0 Å². The zero-order valence-corrected chi connectivity index (χ0v) is 7.73. The van der Waals surface area contributed by atoms with E-state index in [-0.39, 0.29) is 24.8 Å². The molecule has 0 aliphatic carbocycles. The second-order valence-corrected chi connectivity index (χ2v) is 2.40. The van der Waals surface area contributed by atoms with Gasteiger partial charge in [0, 0.05) is 6.20 Å². The predicted molar refractivity (Wildman–Crippen MR) is 46.5 cm³/mol. The van der Waals surface area contributed by atoms with E-state index in [4.69, 9.17) is 4.74 Å². The van der Waals surface area contributed by atoms with Crippen LogP contribution in [-0.4, -0.2) is 24.2 Å². The Labute approximate surface area is 81.3 Å². The normalized spacial score (nSPS) is 9.50. The van der Waals surface area contributed by atoms with Gasteiger partial charge in [0.15, 0.2) is 6.61 Å². The van der Waals surface area contributed by atoms with Crippen LogP contribution in [-0.2, 0) is 14.6 Å². The Hall–Kier alpha value is -1.78. The smallest absolute Gasteiger partial charge is 0.344 e. The lowest BCUT2D eigenvalue weighted by Crippen LogP contribution is -2.14. The number of rotatable bonds is 4. The number of carbonyl (C=O) groups is 1. The summed E-state index contributed by atoms with van der Waals surface area (Å²) < 4.78 is 9.46. The minimum Gasteiger partial charge on any atom is -0.463 e. The summed E-state index contributed by atoms with van der Waals surface area (Å²) in [5, 5.41) is 11.0. The van der Waals surface area contributed by atoms with Crippen LogP contribution in [0.25, 0.3) is 0 Å². The van der Waals surface area contributed by atoms with Crippen LogP contribution in [0.5, 0.6) is 11.6 Å². The molecule has 75 valence electrons. The maximum atomic E-state index is 11.0. The Morgan fingerprint density at radius 3 is 3.00 bits per heavy atom. The molecule has 0 saturated heterocycles. The van der Waals surface area contributed by atoms with Crippen molar-refractivity contribution in [3.63, 3.8) is 0 Å². The van der Waals surface area contributed by atoms with Gasteiger partial charge in [0.05, 0.1) is 6.61 Å². The highest BCUT2D eigenvalue weighted by Crippen LogP contribution is 2.21. The quantitative estimate of drug-likeness (QED) is 0.678. The van der Waals surface area contributed by atoms with Crippen LogP contribution in [0.2, 0.25) is 0 Å². The molecular formula is C9H10NO4. The van der Waals surface area contributed by atoms with Crippen molar-refractivity contribution in [3.05, 3.63) is 18.3 Å². The number of pyridine rings is 1. The molecule has 5 heteroatoms. The standard InChI is InChI=1S/C9H10NO4/c1-2-13-8(12)6-14-9-7(11)4-3-5-10-9/h3-5H,2,6H2,1H3. The Bertz CT molecular complexity index is 313. The number of carbonyl (C=O) groups excluding carboxylic acids is 1. The predicted octanol–water partition coefficient (Wildman–Crippen LogP) is 1.17. The zero-order valence-electron chi connectivity index (χ0n) is 7.73. The fourth-order valence-electron chi connectivity index (χ4n) is 0.814. The van der Waals surface area contributed by atoms with Crippen LogP contribution in [0.15, 0.2) is 18.3 Å². The van der Waals surface area contributed by atoms with Crippen LogP contribution in [0.1, 0.15) is 6.92 Å². The largest absolute Gasteiger partial charge is 0.463 e. The number of hydrogen-bond donors (Lipinski definition) is 0. The first-order valence-corrected chi connectivity index (χ1v) is 4.14. The van der Waals surface area contributed by atoms with Crippen molar-refractivity contribution in [2.45, 2.75) is 6.92 Å². The van der Waals surface area contributed by atoms with Crippen LogP contribution >= 0.6 is 0 Å². The van der Waals surface area contributed by atoms with E-state index in [9.17, 15) is 9.90 Å². The molecule has 0 aliphatic rings. The van der Waals surface area contributed by atoms with Gasteiger partial charge in [-0.1, -0.05) is 0 Å². The molecule has 0 unspecified atom stereocenters. The summed E-state index contributed by atoms with van der Waals surface area (Å²) in [6, 6.07) is 2.81. The van der Waals surface area contributed by atoms with E-state index in [1.165, 1.54) is 18.3 Å². The first-order chi connectivity index (χ1) is 6.74. The Morgan fingerprint density at radius 1 is 1.57 bits per heavy atom. The van der Waals surface area contributed by atoms with E-state index >= 15 is 0 Å². The Morgan fingerprint density at radius 2 is 2.36 bits per heavy atom. The summed E-state index contributed by atoms with van der Waals surface area (Å²) in [6.07, 6.45) is 1.42.